The number of rotatable bonds is 5. The van der Waals surface area contributed by atoms with Crippen LogP contribution in [0.15, 0.2) is 11.1 Å². The van der Waals surface area contributed by atoms with Crippen LogP contribution in [0.4, 0.5) is 0 Å². The molecular formula is C28H48O. The van der Waals surface area contributed by atoms with Crippen LogP contribution in [0.3, 0.4) is 0 Å². The lowest BCUT2D eigenvalue weighted by Crippen LogP contribution is -2.49. The summed E-state index contributed by atoms with van der Waals surface area (Å²) in [5.74, 6) is 4.73. The lowest BCUT2D eigenvalue weighted by Gasteiger charge is -2.56. The van der Waals surface area contributed by atoms with Gasteiger partial charge in [0.2, 0.25) is 0 Å². The maximum Gasteiger partial charge on any atom is 0.0569 e. The third kappa shape index (κ3) is 3.56. The highest BCUT2D eigenvalue weighted by molar-refractivity contribution is 5.34. The van der Waals surface area contributed by atoms with Crippen LogP contribution in [0.2, 0.25) is 0 Å². The van der Waals surface area contributed by atoms with E-state index in [4.69, 9.17) is 0 Å². The van der Waals surface area contributed by atoms with Crippen molar-refractivity contribution in [3.63, 3.8) is 0 Å². The van der Waals surface area contributed by atoms with Crippen molar-refractivity contribution in [3.05, 3.63) is 11.1 Å². The van der Waals surface area contributed by atoms with E-state index in [2.05, 4.69) is 41.5 Å². The van der Waals surface area contributed by atoms with Crippen molar-refractivity contribution in [2.75, 3.05) is 0 Å². The first-order chi connectivity index (χ1) is 13.7. The summed E-state index contributed by atoms with van der Waals surface area (Å²) in [4.78, 5) is 0. The number of aliphatic hydroxyl groups is 1. The SMILES string of the molecule is CC(C)CCC[C@@H](C)[C@H]1CC[C@H]2C3=C(CC[C@]12C)[C@@]1(C)CCC(O)[C@@H](C)C1CC3. The van der Waals surface area contributed by atoms with E-state index in [-0.39, 0.29) is 6.10 Å². The number of fused-ring (bicyclic) bond motifs is 4. The molecular weight excluding hydrogens is 352 g/mol. The molecule has 8 atom stereocenters. The molecule has 4 aliphatic carbocycles. The molecule has 0 bridgehead atoms. The Bertz CT molecular complexity index is 632. The lowest BCUT2D eigenvalue weighted by molar-refractivity contribution is -0.0336. The minimum atomic E-state index is -0.0633. The van der Waals surface area contributed by atoms with Crippen LogP contribution < -0.4 is 0 Å². The highest BCUT2D eigenvalue weighted by Gasteiger charge is 2.56. The summed E-state index contributed by atoms with van der Waals surface area (Å²) in [5, 5.41) is 10.5. The molecule has 2 unspecified atom stereocenters. The second kappa shape index (κ2) is 7.99. The van der Waals surface area contributed by atoms with Gasteiger partial charge in [-0.3, -0.25) is 0 Å². The van der Waals surface area contributed by atoms with E-state index in [0.717, 1.165) is 30.1 Å². The molecule has 4 aliphatic rings. The molecule has 0 aromatic rings. The highest BCUT2D eigenvalue weighted by atomic mass is 16.3. The van der Waals surface area contributed by atoms with E-state index in [1.54, 1.807) is 0 Å². The zero-order valence-corrected chi connectivity index (χ0v) is 20.3. The van der Waals surface area contributed by atoms with E-state index in [1.807, 2.05) is 11.1 Å². The molecule has 4 rings (SSSR count). The van der Waals surface area contributed by atoms with Gasteiger partial charge in [-0.25, -0.2) is 0 Å². The van der Waals surface area contributed by atoms with Gasteiger partial charge in [0, 0.05) is 0 Å². The zero-order chi connectivity index (χ0) is 21.0. The Balaban J connectivity index is 1.54. The van der Waals surface area contributed by atoms with Gasteiger partial charge in [-0.15, -0.1) is 0 Å². The van der Waals surface area contributed by atoms with Gasteiger partial charge in [-0.05, 0) is 97.7 Å². The molecule has 0 aromatic carbocycles. The number of hydrogen-bond donors (Lipinski definition) is 1. The Labute approximate surface area is 181 Å². The summed E-state index contributed by atoms with van der Waals surface area (Å²) in [6.45, 7) is 14.9. The average molecular weight is 401 g/mol. The lowest BCUT2D eigenvalue weighted by atomic mass is 9.49. The quantitative estimate of drug-likeness (QED) is 0.467. The van der Waals surface area contributed by atoms with Crippen molar-refractivity contribution in [2.24, 2.45) is 46.3 Å². The first-order valence-electron chi connectivity index (χ1n) is 13.1. The molecule has 0 aliphatic heterocycles. The van der Waals surface area contributed by atoms with Crippen LogP contribution in [0.1, 0.15) is 112 Å². The van der Waals surface area contributed by atoms with Gasteiger partial charge in [0.15, 0.2) is 0 Å². The topological polar surface area (TPSA) is 20.2 Å². The molecule has 1 N–H and O–H groups in total. The van der Waals surface area contributed by atoms with Crippen molar-refractivity contribution in [2.45, 2.75) is 118 Å². The van der Waals surface area contributed by atoms with Crippen molar-refractivity contribution < 1.29 is 5.11 Å². The van der Waals surface area contributed by atoms with Gasteiger partial charge in [-0.1, -0.05) is 72.0 Å². The van der Waals surface area contributed by atoms with Crippen molar-refractivity contribution in [1.29, 1.82) is 0 Å². The summed E-state index contributed by atoms with van der Waals surface area (Å²) >= 11 is 0. The van der Waals surface area contributed by atoms with Crippen LogP contribution in [0, 0.1) is 46.3 Å². The molecule has 0 saturated heterocycles. The third-order valence-electron chi connectivity index (χ3n) is 10.7. The van der Waals surface area contributed by atoms with Crippen LogP contribution in [-0.4, -0.2) is 11.2 Å². The van der Waals surface area contributed by atoms with Crippen molar-refractivity contribution >= 4 is 0 Å². The van der Waals surface area contributed by atoms with E-state index < -0.39 is 0 Å². The summed E-state index contributed by atoms with van der Waals surface area (Å²) in [6.07, 6.45) is 14.8. The van der Waals surface area contributed by atoms with E-state index in [9.17, 15) is 5.11 Å². The molecule has 1 nitrogen and oxygen atoms in total. The summed E-state index contributed by atoms with van der Waals surface area (Å²) in [5.41, 5.74) is 4.73. The Morgan fingerprint density at radius 2 is 1.72 bits per heavy atom. The predicted octanol–water partition coefficient (Wildman–Crippen LogP) is 7.78. The molecule has 0 radical (unpaired) electrons. The molecule has 0 heterocycles. The summed E-state index contributed by atoms with van der Waals surface area (Å²) < 4.78 is 0. The molecule has 2 saturated carbocycles. The van der Waals surface area contributed by atoms with Crippen LogP contribution in [-0.2, 0) is 0 Å². The molecule has 166 valence electrons. The second-order valence-corrected chi connectivity index (χ2v) is 12.6. The molecule has 0 aromatic heterocycles. The fourth-order valence-electron chi connectivity index (χ4n) is 8.93. The Morgan fingerprint density at radius 1 is 0.966 bits per heavy atom. The standard InChI is InChI=1S/C28H48O/c1-18(2)8-7-9-19(3)22-12-13-24-21-10-11-23-20(4)26(29)15-17-28(23,6)25(21)14-16-27(22,24)5/h18-20,22-24,26,29H,7-17H2,1-6H3/t19-,20+,22-,23?,24+,26?,27-,28+/m1/s1. The third-order valence-corrected chi connectivity index (χ3v) is 10.7. The number of allylic oxidation sites excluding steroid dienone is 2. The Kier molecular flexibility index (Phi) is 6.04. The van der Waals surface area contributed by atoms with Gasteiger partial charge >= 0.3 is 0 Å². The molecule has 29 heavy (non-hydrogen) atoms. The average Bonchev–Trinajstić information content (AvgIpc) is 3.02. The molecule has 1 heteroatoms. The summed E-state index contributed by atoms with van der Waals surface area (Å²) in [6, 6.07) is 0. The van der Waals surface area contributed by atoms with E-state index in [1.165, 1.54) is 64.2 Å². The maximum absolute atomic E-state index is 10.5. The Hall–Kier alpha value is -0.300. The minimum Gasteiger partial charge on any atom is -0.393 e. The number of aliphatic hydroxyl groups excluding tert-OH is 1. The predicted molar refractivity (Wildman–Crippen MR) is 124 cm³/mol. The van der Waals surface area contributed by atoms with E-state index in [0.29, 0.717) is 22.7 Å². The maximum atomic E-state index is 10.5. The van der Waals surface area contributed by atoms with Gasteiger partial charge < -0.3 is 5.11 Å². The highest BCUT2D eigenvalue weighted by Crippen LogP contribution is 2.66. The first-order valence-corrected chi connectivity index (χ1v) is 13.1. The largest absolute Gasteiger partial charge is 0.393 e. The summed E-state index contributed by atoms with van der Waals surface area (Å²) in [7, 11) is 0. The van der Waals surface area contributed by atoms with Gasteiger partial charge in [0.1, 0.15) is 0 Å². The molecule has 2 fully saturated rings. The van der Waals surface area contributed by atoms with Crippen LogP contribution in [0.25, 0.3) is 0 Å². The van der Waals surface area contributed by atoms with Gasteiger partial charge in [-0.2, -0.15) is 0 Å². The van der Waals surface area contributed by atoms with Crippen molar-refractivity contribution in [3.8, 4) is 0 Å². The number of hydrogen-bond acceptors (Lipinski definition) is 1. The van der Waals surface area contributed by atoms with Gasteiger partial charge in [0.05, 0.1) is 6.10 Å². The zero-order valence-electron chi connectivity index (χ0n) is 20.3. The van der Waals surface area contributed by atoms with Crippen molar-refractivity contribution in [1.82, 2.24) is 0 Å². The molecule has 0 amide bonds. The van der Waals surface area contributed by atoms with Gasteiger partial charge in [0.25, 0.3) is 0 Å². The van der Waals surface area contributed by atoms with E-state index >= 15 is 0 Å². The molecule has 0 spiro atoms. The Morgan fingerprint density at radius 3 is 2.45 bits per heavy atom. The fraction of sp³-hybridized carbons (Fsp3) is 0.929. The normalized spacial score (nSPS) is 45.7. The monoisotopic (exact) mass is 400 g/mol. The van der Waals surface area contributed by atoms with Crippen LogP contribution in [0.5, 0.6) is 0 Å². The smallest absolute Gasteiger partial charge is 0.0569 e. The second-order valence-electron chi connectivity index (χ2n) is 12.6. The minimum absolute atomic E-state index is 0.0633. The van der Waals surface area contributed by atoms with Crippen LogP contribution >= 0.6 is 0 Å². The fourth-order valence-corrected chi connectivity index (χ4v) is 8.93. The first kappa shape index (κ1) is 21.9.